The van der Waals surface area contributed by atoms with Crippen LogP contribution in [0.2, 0.25) is 0 Å². The quantitative estimate of drug-likeness (QED) is 0.858. The number of halogens is 1. The SMILES string of the molecule is O=C(O)c1ccc(NC(=O)C2CN(Cc3ccccc3)CCO2)c(F)c1. The third kappa shape index (κ3) is 4.44. The van der Waals surface area contributed by atoms with Crippen LogP contribution in [0.4, 0.5) is 10.1 Å². The monoisotopic (exact) mass is 358 g/mol. The molecule has 2 N–H and O–H groups in total. The molecule has 0 bridgehead atoms. The van der Waals surface area contributed by atoms with E-state index in [4.69, 9.17) is 9.84 Å². The Balaban J connectivity index is 1.61. The number of rotatable bonds is 5. The molecule has 3 rings (SSSR count). The molecule has 1 aliphatic rings. The molecule has 2 aromatic carbocycles. The van der Waals surface area contributed by atoms with E-state index in [1.165, 1.54) is 12.1 Å². The average molecular weight is 358 g/mol. The maximum absolute atomic E-state index is 14.0. The fraction of sp³-hybridized carbons (Fsp3) is 0.263. The fourth-order valence-electron chi connectivity index (χ4n) is 2.81. The summed E-state index contributed by atoms with van der Waals surface area (Å²) in [6.07, 6.45) is -0.717. The van der Waals surface area contributed by atoms with Crippen LogP contribution in [0.25, 0.3) is 0 Å². The molecular formula is C19H19FN2O4. The molecule has 1 amide bonds. The van der Waals surface area contributed by atoms with Crippen molar-refractivity contribution in [3.63, 3.8) is 0 Å². The predicted octanol–water partition coefficient (Wildman–Crippen LogP) is 2.36. The first kappa shape index (κ1) is 18.0. The van der Waals surface area contributed by atoms with Crippen molar-refractivity contribution in [2.75, 3.05) is 25.0 Å². The van der Waals surface area contributed by atoms with Gasteiger partial charge in [0.2, 0.25) is 0 Å². The highest BCUT2D eigenvalue weighted by molar-refractivity contribution is 5.95. The lowest BCUT2D eigenvalue weighted by molar-refractivity contribution is -0.133. The highest BCUT2D eigenvalue weighted by Crippen LogP contribution is 2.18. The molecule has 1 unspecified atom stereocenters. The van der Waals surface area contributed by atoms with Gasteiger partial charge in [0.1, 0.15) is 11.9 Å². The number of benzene rings is 2. The highest BCUT2D eigenvalue weighted by atomic mass is 19.1. The molecule has 0 aliphatic carbocycles. The van der Waals surface area contributed by atoms with Crippen molar-refractivity contribution in [1.29, 1.82) is 0 Å². The summed E-state index contributed by atoms with van der Waals surface area (Å²) < 4.78 is 19.5. The second kappa shape index (κ2) is 8.07. The van der Waals surface area contributed by atoms with Crippen LogP contribution >= 0.6 is 0 Å². The topological polar surface area (TPSA) is 78.9 Å². The van der Waals surface area contributed by atoms with Crippen LogP contribution in [0.3, 0.4) is 0 Å². The molecule has 7 heteroatoms. The first-order chi connectivity index (χ1) is 12.5. The smallest absolute Gasteiger partial charge is 0.335 e. The van der Waals surface area contributed by atoms with E-state index in [-0.39, 0.29) is 11.3 Å². The van der Waals surface area contributed by atoms with Gasteiger partial charge in [-0.15, -0.1) is 0 Å². The van der Waals surface area contributed by atoms with E-state index in [2.05, 4.69) is 10.2 Å². The van der Waals surface area contributed by atoms with Crippen LogP contribution in [0, 0.1) is 5.82 Å². The fourth-order valence-corrected chi connectivity index (χ4v) is 2.81. The van der Waals surface area contributed by atoms with Crippen LogP contribution in [0.5, 0.6) is 0 Å². The zero-order valence-electron chi connectivity index (χ0n) is 14.0. The lowest BCUT2D eigenvalue weighted by atomic mass is 10.1. The normalized spacial score (nSPS) is 17.7. The van der Waals surface area contributed by atoms with Crippen molar-refractivity contribution in [2.45, 2.75) is 12.6 Å². The van der Waals surface area contributed by atoms with Crippen LogP contribution in [0.1, 0.15) is 15.9 Å². The van der Waals surface area contributed by atoms with Crippen molar-refractivity contribution >= 4 is 17.6 Å². The third-order valence-electron chi connectivity index (χ3n) is 4.17. The van der Waals surface area contributed by atoms with Gasteiger partial charge in [-0.25, -0.2) is 9.18 Å². The number of morpholine rings is 1. The number of carboxylic acid groups (broad SMARTS) is 1. The Morgan fingerprint density at radius 1 is 1.23 bits per heavy atom. The zero-order chi connectivity index (χ0) is 18.5. The lowest BCUT2D eigenvalue weighted by Gasteiger charge is -2.32. The summed E-state index contributed by atoms with van der Waals surface area (Å²) in [4.78, 5) is 25.3. The van der Waals surface area contributed by atoms with Gasteiger partial charge in [-0.2, -0.15) is 0 Å². The van der Waals surface area contributed by atoms with Crippen molar-refractivity contribution in [2.24, 2.45) is 0 Å². The second-order valence-electron chi connectivity index (χ2n) is 6.07. The number of anilines is 1. The predicted molar refractivity (Wildman–Crippen MR) is 93.4 cm³/mol. The maximum Gasteiger partial charge on any atom is 0.335 e. The largest absolute Gasteiger partial charge is 0.478 e. The van der Waals surface area contributed by atoms with Gasteiger partial charge < -0.3 is 15.2 Å². The molecule has 0 saturated carbocycles. The second-order valence-corrected chi connectivity index (χ2v) is 6.07. The molecule has 0 spiro atoms. The molecule has 6 nitrogen and oxygen atoms in total. The number of carbonyl (C=O) groups excluding carboxylic acids is 1. The minimum atomic E-state index is -1.23. The van der Waals surface area contributed by atoms with Crippen LogP contribution in [-0.2, 0) is 16.1 Å². The van der Waals surface area contributed by atoms with Gasteiger partial charge in [0.25, 0.3) is 5.91 Å². The molecule has 2 aromatic rings. The number of carbonyl (C=O) groups is 2. The molecule has 0 aromatic heterocycles. The average Bonchev–Trinajstić information content (AvgIpc) is 2.64. The van der Waals surface area contributed by atoms with E-state index in [1.54, 1.807) is 0 Å². The lowest BCUT2D eigenvalue weighted by Crippen LogP contribution is -2.47. The third-order valence-corrected chi connectivity index (χ3v) is 4.17. The Hall–Kier alpha value is -2.77. The van der Waals surface area contributed by atoms with Gasteiger partial charge in [-0.05, 0) is 23.8 Å². The minimum absolute atomic E-state index is 0.0659. The zero-order valence-corrected chi connectivity index (χ0v) is 14.0. The molecule has 1 heterocycles. The standard InChI is InChI=1S/C19H19FN2O4/c20-15-10-14(19(24)25)6-7-16(15)21-18(23)17-12-22(8-9-26-17)11-13-4-2-1-3-5-13/h1-7,10,17H,8-9,11-12H2,(H,21,23)(H,24,25). The Bertz CT molecular complexity index is 797. The van der Waals surface area contributed by atoms with Crippen LogP contribution in [-0.4, -0.2) is 47.7 Å². The molecule has 136 valence electrons. The Morgan fingerprint density at radius 3 is 2.69 bits per heavy atom. The van der Waals surface area contributed by atoms with E-state index in [0.717, 1.165) is 11.6 Å². The van der Waals surface area contributed by atoms with E-state index < -0.39 is 23.8 Å². The molecule has 0 radical (unpaired) electrons. The molecule has 1 saturated heterocycles. The van der Waals surface area contributed by atoms with Crippen molar-refractivity contribution in [1.82, 2.24) is 4.90 Å². The van der Waals surface area contributed by atoms with E-state index in [0.29, 0.717) is 26.2 Å². The summed E-state index contributed by atoms with van der Waals surface area (Å²) >= 11 is 0. The molecular weight excluding hydrogens is 339 g/mol. The Kier molecular flexibility index (Phi) is 5.60. The van der Waals surface area contributed by atoms with Gasteiger partial charge >= 0.3 is 5.97 Å². The van der Waals surface area contributed by atoms with E-state index in [9.17, 15) is 14.0 Å². The van der Waals surface area contributed by atoms with Crippen molar-refractivity contribution in [3.05, 3.63) is 65.5 Å². The van der Waals surface area contributed by atoms with Crippen molar-refractivity contribution in [3.8, 4) is 0 Å². The van der Waals surface area contributed by atoms with Gasteiger partial charge in [0.05, 0.1) is 17.9 Å². The maximum atomic E-state index is 14.0. The summed E-state index contributed by atoms with van der Waals surface area (Å²) in [5.41, 5.74) is 0.899. The highest BCUT2D eigenvalue weighted by Gasteiger charge is 2.27. The summed E-state index contributed by atoms with van der Waals surface area (Å²) in [6.45, 7) is 2.22. The van der Waals surface area contributed by atoms with Crippen molar-refractivity contribution < 1.29 is 23.8 Å². The molecule has 1 aliphatic heterocycles. The van der Waals surface area contributed by atoms with Gasteiger partial charge in [-0.3, -0.25) is 9.69 Å². The minimum Gasteiger partial charge on any atom is -0.478 e. The van der Waals surface area contributed by atoms with Gasteiger partial charge in [0.15, 0.2) is 0 Å². The number of hydrogen-bond acceptors (Lipinski definition) is 4. The first-order valence-corrected chi connectivity index (χ1v) is 8.24. The summed E-state index contributed by atoms with van der Waals surface area (Å²) in [6, 6.07) is 13.3. The Morgan fingerprint density at radius 2 is 2.00 bits per heavy atom. The Labute approximate surface area is 150 Å². The number of hydrogen-bond donors (Lipinski definition) is 2. The number of amides is 1. The molecule has 1 atom stereocenters. The summed E-state index contributed by atoms with van der Waals surface area (Å²) in [5, 5.41) is 11.3. The molecule has 26 heavy (non-hydrogen) atoms. The van der Waals surface area contributed by atoms with E-state index in [1.807, 2.05) is 30.3 Å². The number of carboxylic acids is 1. The number of ether oxygens (including phenoxy) is 1. The number of nitrogens with zero attached hydrogens (tertiary/aromatic N) is 1. The van der Waals surface area contributed by atoms with Gasteiger partial charge in [0, 0.05) is 19.6 Å². The first-order valence-electron chi connectivity index (χ1n) is 8.24. The van der Waals surface area contributed by atoms with Crippen LogP contribution in [0.15, 0.2) is 48.5 Å². The molecule has 1 fully saturated rings. The number of aromatic carboxylic acids is 1. The summed E-state index contributed by atoms with van der Waals surface area (Å²) in [5.74, 6) is -2.48. The number of nitrogens with one attached hydrogen (secondary N) is 1. The summed E-state index contributed by atoms with van der Waals surface area (Å²) in [7, 11) is 0. The van der Waals surface area contributed by atoms with Gasteiger partial charge in [-0.1, -0.05) is 30.3 Å². The van der Waals surface area contributed by atoms with E-state index >= 15 is 0 Å². The van der Waals surface area contributed by atoms with Crippen LogP contribution < -0.4 is 5.32 Å².